The molecule has 1 aromatic rings. The first-order valence-corrected chi connectivity index (χ1v) is 5.25. The number of rotatable bonds is 3. The molecule has 0 bridgehead atoms. The lowest BCUT2D eigenvalue weighted by atomic mass is 10.2. The van der Waals surface area contributed by atoms with Crippen molar-refractivity contribution in [2.24, 2.45) is 0 Å². The van der Waals surface area contributed by atoms with Crippen LogP contribution >= 0.6 is 15.9 Å². The maximum absolute atomic E-state index is 11.5. The van der Waals surface area contributed by atoms with E-state index in [1.807, 2.05) is 13.0 Å². The van der Waals surface area contributed by atoms with Crippen molar-refractivity contribution >= 4 is 21.8 Å². The predicted octanol–water partition coefficient (Wildman–Crippen LogP) is 1.71. The molecule has 15 heavy (non-hydrogen) atoms. The Morgan fingerprint density at radius 2 is 2.33 bits per heavy atom. The first-order chi connectivity index (χ1) is 7.04. The molecule has 0 spiro atoms. The van der Waals surface area contributed by atoms with Crippen LogP contribution < -0.4 is 0 Å². The van der Waals surface area contributed by atoms with E-state index in [4.69, 9.17) is 4.84 Å². The van der Waals surface area contributed by atoms with Crippen LogP contribution in [0.4, 0.5) is 0 Å². The van der Waals surface area contributed by atoms with Gasteiger partial charge in [0.25, 0.3) is 5.91 Å². The quantitative estimate of drug-likeness (QED) is 0.787. The van der Waals surface area contributed by atoms with Gasteiger partial charge < -0.3 is 0 Å². The van der Waals surface area contributed by atoms with E-state index in [1.165, 1.54) is 12.2 Å². The Kier molecular flexibility index (Phi) is 4.23. The molecule has 1 aromatic heterocycles. The zero-order chi connectivity index (χ0) is 11.4. The molecule has 0 saturated heterocycles. The Morgan fingerprint density at radius 1 is 1.67 bits per heavy atom. The van der Waals surface area contributed by atoms with Crippen molar-refractivity contribution in [2.45, 2.75) is 13.3 Å². The van der Waals surface area contributed by atoms with Crippen molar-refractivity contribution < 1.29 is 9.63 Å². The second-order valence-corrected chi connectivity index (χ2v) is 4.03. The van der Waals surface area contributed by atoms with Gasteiger partial charge in [0.05, 0.1) is 19.2 Å². The van der Waals surface area contributed by atoms with Crippen molar-refractivity contribution in [3.05, 3.63) is 28.0 Å². The molecular formula is C10H13BrN2O2. The third-order valence-corrected chi connectivity index (χ3v) is 2.89. The van der Waals surface area contributed by atoms with Gasteiger partial charge in [0.2, 0.25) is 0 Å². The van der Waals surface area contributed by atoms with Gasteiger partial charge in [0.15, 0.2) is 0 Å². The Morgan fingerprint density at radius 3 is 2.87 bits per heavy atom. The van der Waals surface area contributed by atoms with Crippen LogP contribution in [0.5, 0.6) is 0 Å². The minimum Gasteiger partial charge on any atom is -0.275 e. The minimum atomic E-state index is -0.119. The van der Waals surface area contributed by atoms with E-state index in [0.29, 0.717) is 0 Å². The summed E-state index contributed by atoms with van der Waals surface area (Å²) in [7, 11) is 3.03. The lowest BCUT2D eigenvalue weighted by Crippen LogP contribution is -2.27. The van der Waals surface area contributed by atoms with Gasteiger partial charge in [-0.15, -0.1) is 0 Å². The molecule has 5 heteroatoms. The van der Waals surface area contributed by atoms with Crippen LogP contribution in [0.1, 0.15) is 11.3 Å². The Bertz CT molecular complexity index is 368. The predicted molar refractivity (Wildman–Crippen MR) is 60.2 cm³/mol. The van der Waals surface area contributed by atoms with Crippen LogP contribution in [-0.4, -0.2) is 30.1 Å². The van der Waals surface area contributed by atoms with Gasteiger partial charge in [0, 0.05) is 17.7 Å². The monoisotopic (exact) mass is 272 g/mol. The number of carbonyl (C=O) groups excluding carboxylic acids is 1. The maximum Gasteiger partial charge on any atom is 0.251 e. The normalized spacial score (nSPS) is 10.1. The molecule has 4 nitrogen and oxygen atoms in total. The van der Waals surface area contributed by atoms with E-state index in [2.05, 4.69) is 20.9 Å². The highest BCUT2D eigenvalue weighted by atomic mass is 79.9. The smallest absolute Gasteiger partial charge is 0.251 e. The van der Waals surface area contributed by atoms with Crippen molar-refractivity contribution in [1.29, 1.82) is 0 Å². The molecule has 1 heterocycles. The number of hydrogen-bond acceptors (Lipinski definition) is 3. The fourth-order valence-corrected chi connectivity index (χ4v) is 1.28. The highest BCUT2D eigenvalue weighted by Gasteiger charge is 2.10. The highest BCUT2D eigenvalue weighted by molar-refractivity contribution is 9.10. The summed E-state index contributed by atoms with van der Waals surface area (Å²) in [4.78, 5) is 20.4. The standard InChI is InChI=1S/C10H13BrN2O2/c1-7-4-8(12-6-9(7)11)5-10(14)13(2)15-3/h4,6H,5H2,1-3H3. The zero-order valence-corrected chi connectivity index (χ0v) is 10.5. The van der Waals surface area contributed by atoms with Gasteiger partial charge >= 0.3 is 0 Å². The van der Waals surface area contributed by atoms with E-state index in [9.17, 15) is 4.79 Å². The molecule has 0 aliphatic rings. The van der Waals surface area contributed by atoms with Crippen molar-refractivity contribution in [2.75, 3.05) is 14.2 Å². The van der Waals surface area contributed by atoms with Crippen LogP contribution in [0.15, 0.2) is 16.7 Å². The van der Waals surface area contributed by atoms with Crippen molar-refractivity contribution in [3.63, 3.8) is 0 Å². The molecule has 0 N–H and O–H groups in total. The van der Waals surface area contributed by atoms with Crippen LogP contribution in [0.3, 0.4) is 0 Å². The number of pyridine rings is 1. The van der Waals surface area contributed by atoms with Crippen LogP contribution in [0, 0.1) is 6.92 Å². The SMILES string of the molecule is CON(C)C(=O)Cc1cc(C)c(Br)cn1. The molecular weight excluding hydrogens is 260 g/mol. The second kappa shape index (κ2) is 5.23. The van der Waals surface area contributed by atoms with Gasteiger partial charge in [-0.3, -0.25) is 14.6 Å². The molecule has 1 rings (SSSR count). The number of nitrogens with zero attached hydrogens (tertiary/aromatic N) is 2. The van der Waals surface area contributed by atoms with Crippen molar-refractivity contribution in [1.82, 2.24) is 10.0 Å². The third-order valence-electron chi connectivity index (χ3n) is 2.06. The summed E-state index contributed by atoms with van der Waals surface area (Å²) in [5.74, 6) is -0.119. The van der Waals surface area contributed by atoms with Crippen LogP contribution in [0.25, 0.3) is 0 Å². The van der Waals surface area contributed by atoms with E-state index in [0.717, 1.165) is 15.7 Å². The largest absolute Gasteiger partial charge is 0.275 e. The average Bonchev–Trinajstić information content (AvgIpc) is 2.22. The molecule has 82 valence electrons. The zero-order valence-electron chi connectivity index (χ0n) is 8.95. The third kappa shape index (κ3) is 3.28. The number of hydrogen-bond donors (Lipinski definition) is 0. The molecule has 0 unspecified atom stereocenters. The number of likely N-dealkylation sites (N-methyl/N-ethyl adjacent to an activating group) is 1. The average molecular weight is 273 g/mol. The number of carbonyl (C=O) groups is 1. The summed E-state index contributed by atoms with van der Waals surface area (Å²) in [5, 5.41) is 1.19. The van der Waals surface area contributed by atoms with Gasteiger partial charge in [-0.1, -0.05) is 0 Å². The van der Waals surface area contributed by atoms with Crippen molar-refractivity contribution in [3.8, 4) is 0 Å². The van der Waals surface area contributed by atoms with Gasteiger partial charge in [-0.05, 0) is 34.5 Å². The first kappa shape index (κ1) is 12.1. The molecule has 0 atom stereocenters. The summed E-state index contributed by atoms with van der Waals surface area (Å²) >= 11 is 3.36. The lowest BCUT2D eigenvalue weighted by molar-refractivity contribution is -0.167. The van der Waals surface area contributed by atoms with Crippen LogP contribution in [-0.2, 0) is 16.1 Å². The molecule has 0 aromatic carbocycles. The lowest BCUT2D eigenvalue weighted by Gasteiger charge is -2.13. The molecule has 0 radical (unpaired) electrons. The molecule has 0 saturated carbocycles. The Labute approximate surface area is 97.3 Å². The van der Waals surface area contributed by atoms with E-state index in [-0.39, 0.29) is 12.3 Å². The highest BCUT2D eigenvalue weighted by Crippen LogP contribution is 2.15. The number of amides is 1. The number of halogens is 1. The summed E-state index contributed by atoms with van der Waals surface area (Å²) in [5.41, 5.74) is 1.80. The minimum absolute atomic E-state index is 0.119. The van der Waals surface area contributed by atoms with Gasteiger partial charge in [-0.2, -0.15) is 0 Å². The van der Waals surface area contributed by atoms with E-state index in [1.54, 1.807) is 13.2 Å². The maximum atomic E-state index is 11.5. The Hall–Kier alpha value is -0.940. The molecule has 0 aliphatic heterocycles. The topological polar surface area (TPSA) is 42.4 Å². The number of aromatic nitrogens is 1. The number of hydroxylamine groups is 2. The Balaban J connectivity index is 2.73. The van der Waals surface area contributed by atoms with E-state index >= 15 is 0 Å². The first-order valence-electron chi connectivity index (χ1n) is 4.46. The molecule has 1 amide bonds. The van der Waals surface area contributed by atoms with Crippen LogP contribution in [0.2, 0.25) is 0 Å². The van der Waals surface area contributed by atoms with Gasteiger partial charge in [-0.25, -0.2) is 5.06 Å². The summed E-state index contributed by atoms with van der Waals surface area (Å²) in [6.07, 6.45) is 1.95. The fourth-order valence-electron chi connectivity index (χ4n) is 1.06. The van der Waals surface area contributed by atoms with E-state index < -0.39 is 0 Å². The summed E-state index contributed by atoms with van der Waals surface area (Å²) in [6.45, 7) is 1.96. The summed E-state index contributed by atoms with van der Waals surface area (Å²) < 4.78 is 0.943. The second-order valence-electron chi connectivity index (χ2n) is 3.18. The van der Waals surface area contributed by atoms with Gasteiger partial charge in [0.1, 0.15) is 0 Å². The summed E-state index contributed by atoms with van der Waals surface area (Å²) in [6, 6.07) is 1.88. The molecule has 0 aliphatic carbocycles. The molecule has 0 fully saturated rings. The number of aryl methyl sites for hydroxylation is 1. The fraction of sp³-hybridized carbons (Fsp3) is 0.400.